The number of nitrogens with zero attached hydrogens (tertiary/aromatic N) is 3. The van der Waals surface area contributed by atoms with Gasteiger partial charge in [-0.05, 0) is 33.9 Å². The van der Waals surface area contributed by atoms with Crippen LogP contribution in [0.25, 0.3) is 0 Å². The van der Waals surface area contributed by atoms with Gasteiger partial charge in [-0.3, -0.25) is 14.4 Å². The van der Waals surface area contributed by atoms with E-state index in [1.54, 1.807) is 6.20 Å². The van der Waals surface area contributed by atoms with Gasteiger partial charge < -0.3 is 5.32 Å². The van der Waals surface area contributed by atoms with Crippen molar-refractivity contribution in [2.24, 2.45) is 0 Å². The molecule has 0 radical (unpaired) electrons. The Morgan fingerprint density at radius 2 is 2.00 bits per heavy atom. The molecule has 18 heavy (non-hydrogen) atoms. The number of aromatic nitrogens is 2. The summed E-state index contributed by atoms with van der Waals surface area (Å²) in [6.07, 6.45) is 3.55. The number of amides is 1. The Kier molecular flexibility index (Phi) is 4.90. The van der Waals surface area contributed by atoms with E-state index in [2.05, 4.69) is 49.9 Å². The first-order chi connectivity index (χ1) is 8.36. The minimum atomic E-state index is -0.0676. The van der Waals surface area contributed by atoms with Crippen molar-refractivity contribution in [1.29, 1.82) is 0 Å². The molecule has 0 spiro atoms. The van der Waals surface area contributed by atoms with Gasteiger partial charge in [-0.1, -0.05) is 13.8 Å². The van der Waals surface area contributed by atoms with Crippen LogP contribution in [0.3, 0.4) is 0 Å². The molecular formula is C13H24N4O. The van der Waals surface area contributed by atoms with E-state index in [4.69, 9.17) is 0 Å². The van der Waals surface area contributed by atoms with Crippen molar-refractivity contribution in [3.05, 3.63) is 12.4 Å². The summed E-state index contributed by atoms with van der Waals surface area (Å²) in [5.41, 5.74) is 0.684. The van der Waals surface area contributed by atoms with E-state index < -0.39 is 0 Å². The van der Waals surface area contributed by atoms with Crippen LogP contribution >= 0.6 is 0 Å². The average Bonchev–Trinajstić information content (AvgIpc) is 2.74. The van der Waals surface area contributed by atoms with Crippen LogP contribution in [-0.2, 0) is 10.3 Å². The lowest BCUT2D eigenvalue weighted by Gasteiger charge is -2.19. The fourth-order valence-electron chi connectivity index (χ4n) is 1.61. The standard InChI is InChI=1S/C13H24N4O/c1-6-16(7-2)10-12(18)15-11-8-14-17(9-11)13(3,4)5/h8-9H,6-7,10H2,1-5H3,(H,15,18). The van der Waals surface area contributed by atoms with Crippen molar-refractivity contribution in [2.45, 2.75) is 40.2 Å². The average molecular weight is 252 g/mol. The zero-order chi connectivity index (χ0) is 13.8. The molecule has 5 nitrogen and oxygen atoms in total. The lowest BCUT2D eigenvalue weighted by molar-refractivity contribution is -0.117. The Hall–Kier alpha value is -1.36. The summed E-state index contributed by atoms with van der Waals surface area (Å²) in [6, 6.07) is 0. The predicted molar refractivity (Wildman–Crippen MR) is 73.6 cm³/mol. The predicted octanol–water partition coefficient (Wildman–Crippen LogP) is 1.92. The van der Waals surface area contributed by atoms with E-state index >= 15 is 0 Å². The summed E-state index contributed by atoms with van der Waals surface area (Å²) in [4.78, 5) is 13.9. The molecular weight excluding hydrogens is 228 g/mol. The maximum Gasteiger partial charge on any atom is 0.238 e. The molecule has 5 heteroatoms. The van der Waals surface area contributed by atoms with E-state index in [1.807, 2.05) is 10.9 Å². The van der Waals surface area contributed by atoms with E-state index in [0.717, 1.165) is 18.8 Å². The molecule has 0 aliphatic rings. The Balaban J connectivity index is 2.57. The monoisotopic (exact) mass is 252 g/mol. The minimum absolute atomic E-state index is 0.00663. The lowest BCUT2D eigenvalue weighted by Crippen LogP contribution is -2.32. The van der Waals surface area contributed by atoms with Crippen molar-refractivity contribution in [1.82, 2.24) is 14.7 Å². The molecule has 102 valence electrons. The van der Waals surface area contributed by atoms with Crippen molar-refractivity contribution >= 4 is 11.6 Å². The third kappa shape index (κ3) is 4.14. The van der Waals surface area contributed by atoms with E-state index in [-0.39, 0.29) is 11.4 Å². The van der Waals surface area contributed by atoms with Crippen LogP contribution < -0.4 is 5.32 Å². The van der Waals surface area contributed by atoms with Gasteiger partial charge in [-0.25, -0.2) is 0 Å². The van der Waals surface area contributed by atoms with Crippen LogP contribution in [0.5, 0.6) is 0 Å². The van der Waals surface area contributed by atoms with E-state index in [1.165, 1.54) is 0 Å². The van der Waals surface area contributed by atoms with Gasteiger partial charge in [-0.15, -0.1) is 0 Å². The summed E-state index contributed by atoms with van der Waals surface area (Å²) in [5, 5.41) is 7.12. The third-order valence-corrected chi connectivity index (χ3v) is 2.82. The highest BCUT2D eigenvalue weighted by Crippen LogP contribution is 2.15. The Morgan fingerprint density at radius 3 is 2.44 bits per heavy atom. The number of nitrogens with one attached hydrogen (secondary N) is 1. The second-order valence-electron chi connectivity index (χ2n) is 5.35. The van der Waals surface area contributed by atoms with Gasteiger partial charge in [0, 0.05) is 6.20 Å². The summed E-state index contributed by atoms with van der Waals surface area (Å²) in [6.45, 7) is 12.5. The molecule has 0 fully saturated rings. The molecule has 0 saturated carbocycles. The topological polar surface area (TPSA) is 50.2 Å². The zero-order valence-corrected chi connectivity index (χ0v) is 12.0. The summed E-state index contributed by atoms with van der Waals surface area (Å²) in [5.74, 6) is 0.00663. The quantitative estimate of drug-likeness (QED) is 0.871. The molecule has 0 bridgehead atoms. The Morgan fingerprint density at radius 1 is 1.39 bits per heavy atom. The summed E-state index contributed by atoms with van der Waals surface area (Å²) >= 11 is 0. The number of likely N-dealkylation sites (N-methyl/N-ethyl adjacent to an activating group) is 1. The van der Waals surface area contributed by atoms with Crippen LogP contribution in [0, 0.1) is 0 Å². The fourth-order valence-corrected chi connectivity index (χ4v) is 1.61. The van der Waals surface area contributed by atoms with Gasteiger partial charge in [0.2, 0.25) is 5.91 Å². The molecule has 1 heterocycles. The van der Waals surface area contributed by atoms with Crippen molar-refractivity contribution in [3.8, 4) is 0 Å². The largest absolute Gasteiger partial charge is 0.322 e. The van der Waals surface area contributed by atoms with Crippen molar-refractivity contribution in [2.75, 3.05) is 25.0 Å². The Bertz CT molecular complexity index is 388. The molecule has 0 unspecified atom stereocenters. The lowest BCUT2D eigenvalue weighted by atomic mass is 10.1. The van der Waals surface area contributed by atoms with Crippen LogP contribution in [0.1, 0.15) is 34.6 Å². The highest BCUT2D eigenvalue weighted by molar-refractivity contribution is 5.91. The molecule has 1 N–H and O–H groups in total. The Labute approximate surface area is 109 Å². The molecule has 1 aromatic heterocycles. The molecule has 1 amide bonds. The minimum Gasteiger partial charge on any atom is -0.322 e. The molecule has 0 aliphatic carbocycles. The SMILES string of the molecule is CCN(CC)CC(=O)Nc1cnn(C(C)(C)C)c1. The highest BCUT2D eigenvalue weighted by atomic mass is 16.2. The van der Waals surface area contributed by atoms with Gasteiger partial charge in [0.1, 0.15) is 0 Å². The first-order valence-corrected chi connectivity index (χ1v) is 6.44. The number of rotatable bonds is 5. The van der Waals surface area contributed by atoms with Crippen LogP contribution in [-0.4, -0.2) is 40.2 Å². The first-order valence-electron chi connectivity index (χ1n) is 6.44. The first kappa shape index (κ1) is 14.7. The normalized spacial score (nSPS) is 11.9. The van der Waals surface area contributed by atoms with Crippen LogP contribution in [0.15, 0.2) is 12.4 Å². The number of anilines is 1. The van der Waals surface area contributed by atoms with Crippen molar-refractivity contribution in [3.63, 3.8) is 0 Å². The zero-order valence-electron chi connectivity index (χ0n) is 12.0. The van der Waals surface area contributed by atoms with Gasteiger partial charge in [0.05, 0.1) is 24.0 Å². The van der Waals surface area contributed by atoms with Gasteiger partial charge in [-0.2, -0.15) is 5.10 Å². The molecule has 0 saturated heterocycles. The van der Waals surface area contributed by atoms with Crippen molar-refractivity contribution < 1.29 is 4.79 Å². The molecule has 1 aromatic rings. The van der Waals surface area contributed by atoms with Crippen LogP contribution in [0.2, 0.25) is 0 Å². The molecule has 1 rings (SSSR count). The maximum absolute atomic E-state index is 11.8. The number of carbonyl (C=O) groups is 1. The van der Waals surface area contributed by atoms with E-state index in [0.29, 0.717) is 6.54 Å². The van der Waals surface area contributed by atoms with Gasteiger partial charge in [0.25, 0.3) is 0 Å². The number of hydrogen-bond donors (Lipinski definition) is 1. The second kappa shape index (κ2) is 6.00. The second-order valence-corrected chi connectivity index (χ2v) is 5.35. The fraction of sp³-hybridized carbons (Fsp3) is 0.692. The smallest absolute Gasteiger partial charge is 0.238 e. The highest BCUT2D eigenvalue weighted by Gasteiger charge is 2.15. The third-order valence-electron chi connectivity index (χ3n) is 2.82. The van der Waals surface area contributed by atoms with Gasteiger partial charge in [0.15, 0.2) is 0 Å². The molecule has 0 aromatic carbocycles. The summed E-state index contributed by atoms with van der Waals surface area (Å²) < 4.78 is 1.85. The van der Waals surface area contributed by atoms with Crippen LogP contribution in [0.4, 0.5) is 5.69 Å². The number of carbonyl (C=O) groups excluding carboxylic acids is 1. The van der Waals surface area contributed by atoms with E-state index in [9.17, 15) is 4.79 Å². The molecule has 0 aliphatic heterocycles. The van der Waals surface area contributed by atoms with Gasteiger partial charge >= 0.3 is 0 Å². The summed E-state index contributed by atoms with van der Waals surface area (Å²) in [7, 11) is 0. The molecule has 0 atom stereocenters. The maximum atomic E-state index is 11.8. The number of hydrogen-bond acceptors (Lipinski definition) is 3.